The van der Waals surface area contributed by atoms with Gasteiger partial charge in [-0.15, -0.1) is 11.8 Å². The lowest BCUT2D eigenvalue weighted by molar-refractivity contribution is -0.140. The van der Waals surface area contributed by atoms with Crippen LogP contribution in [0.3, 0.4) is 0 Å². The number of hydrogen-bond donors (Lipinski definition) is 0. The Morgan fingerprint density at radius 3 is 2.26 bits per heavy atom. The first-order chi connectivity index (χ1) is 8.55. The van der Waals surface area contributed by atoms with Gasteiger partial charge in [-0.2, -0.15) is 26.3 Å². The van der Waals surface area contributed by atoms with Gasteiger partial charge in [-0.05, 0) is 6.42 Å². The first-order valence-electron chi connectivity index (χ1n) is 5.06. The largest absolute Gasteiger partial charge is 0.468 e. The van der Waals surface area contributed by atoms with Crippen molar-refractivity contribution in [2.45, 2.75) is 30.4 Å². The van der Waals surface area contributed by atoms with E-state index >= 15 is 0 Å². The standard InChI is InChI=1S/C10H12F6O2S/c1-18-8(17)7(3-2-4-9(11,12)13)19-6-5-10(14,15)16/h2,4,7H,3,5-6H2,1H3/b4-2+. The molecule has 0 saturated heterocycles. The zero-order valence-corrected chi connectivity index (χ0v) is 10.7. The minimum Gasteiger partial charge on any atom is -0.468 e. The lowest BCUT2D eigenvalue weighted by Crippen LogP contribution is -2.20. The molecule has 0 N–H and O–H groups in total. The molecule has 0 aromatic heterocycles. The average Bonchev–Trinajstić information content (AvgIpc) is 2.22. The predicted octanol–water partition coefficient (Wildman–Crippen LogP) is 3.72. The summed E-state index contributed by atoms with van der Waals surface area (Å²) < 4.78 is 75.6. The minimum atomic E-state index is -4.52. The highest BCUT2D eigenvalue weighted by atomic mass is 32.2. The van der Waals surface area contributed by atoms with E-state index in [0.717, 1.165) is 7.11 Å². The van der Waals surface area contributed by atoms with Gasteiger partial charge < -0.3 is 4.74 Å². The molecule has 19 heavy (non-hydrogen) atoms. The van der Waals surface area contributed by atoms with Crippen molar-refractivity contribution in [3.8, 4) is 0 Å². The Bertz CT molecular complexity index is 310. The van der Waals surface area contributed by atoms with E-state index in [0.29, 0.717) is 17.8 Å². The molecule has 1 unspecified atom stereocenters. The van der Waals surface area contributed by atoms with Gasteiger partial charge in [-0.25, -0.2) is 0 Å². The Balaban J connectivity index is 4.33. The van der Waals surface area contributed by atoms with Gasteiger partial charge >= 0.3 is 18.3 Å². The van der Waals surface area contributed by atoms with Crippen LogP contribution in [0.25, 0.3) is 0 Å². The van der Waals surface area contributed by atoms with E-state index in [1.54, 1.807) is 0 Å². The van der Waals surface area contributed by atoms with E-state index in [4.69, 9.17) is 0 Å². The number of ether oxygens (including phenoxy) is 1. The van der Waals surface area contributed by atoms with Gasteiger partial charge in [0.25, 0.3) is 0 Å². The number of alkyl halides is 6. The second kappa shape index (κ2) is 7.66. The van der Waals surface area contributed by atoms with Crippen molar-refractivity contribution in [3.05, 3.63) is 12.2 Å². The molecule has 0 aliphatic rings. The van der Waals surface area contributed by atoms with Crippen molar-refractivity contribution >= 4 is 17.7 Å². The first kappa shape index (κ1) is 18.1. The summed E-state index contributed by atoms with van der Waals surface area (Å²) in [6.07, 6.45) is -9.70. The van der Waals surface area contributed by atoms with Crippen LogP contribution in [0.4, 0.5) is 26.3 Å². The van der Waals surface area contributed by atoms with Crippen LogP contribution in [-0.4, -0.2) is 36.4 Å². The highest BCUT2D eigenvalue weighted by molar-refractivity contribution is 8.00. The van der Waals surface area contributed by atoms with E-state index < -0.39 is 35.7 Å². The van der Waals surface area contributed by atoms with E-state index in [1.807, 2.05) is 0 Å². The summed E-state index contributed by atoms with van der Waals surface area (Å²) >= 11 is 0.619. The summed E-state index contributed by atoms with van der Waals surface area (Å²) in [6, 6.07) is 0. The third-order valence-corrected chi connectivity index (χ3v) is 3.05. The van der Waals surface area contributed by atoms with E-state index in [-0.39, 0.29) is 12.5 Å². The molecule has 9 heteroatoms. The van der Waals surface area contributed by atoms with E-state index in [9.17, 15) is 31.1 Å². The molecule has 0 bridgehead atoms. The summed E-state index contributed by atoms with van der Waals surface area (Å²) in [5.74, 6) is -1.26. The SMILES string of the molecule is COC(=O)C(C/C=C/C(F)(F)F)SCCC(F)(F)F. The van der Waals surface area contributed by atoms with Gasteiger partial charge in [0.2, 0.25) is 0 Å². The molecular weight excluding hydrogens is 298 g/mol. The summed E-state index contributed by atoms with van der Waals surface area (Å²) in [5.41, 5.74) is 0. The van der Waals surface area contributed by atoms with Gasteiger partial charge in [0, 0.05) is 11.8 Å². The Hall–Kier alpha value is -0.860. The van der Waals surface area contributed by atoms with Crippen molar-refractivity contribution in [1.29, 1.82) is 0 Å². The molecule has 112 valence electrons. The Morgan fingerprint density at radius 1 is 1.26 bits per heavy atom. The van der Waals surface area contributed by atoms with Crippen LogP contribution < -0.4 is 0 Å². The molecule has 2 nitrogen and oxygen atoms in total. The number of thioether (sulfide) groups is 1. The summed E-state index contributed by atoms with van der Waals surface area (Å²) in [5, 5.41) is -1.08. The van der Waals surface area contributed by atoms with Crippen LogP contribution in [0.2, 0.25) is 0 Å². The Labute approximate surface area is 110 Å². The second-order valence-corrected chi connectivity index (χ2v) is 4.74. The van der Waals surface area contributed by atoms with Crippen molar-refractivity contribution in [3.63, 3.8) is 0 Å². The van der Waals surface area contributed by atoms with Gasteiger partial charge in [-0.1, -0.05) is 6.08 Å². The minimum absolute atomic E-state index is 0.0622. The molecule has 0 aromatic rings. The molecule has 0 aliphatic heterocycles. The monoisotopic (exact) mass is 310 g/mol. The topological polar surface area (TPSA) is 26.3 Å². The van der Waals surface area contributed by atoms with Gasteiger partial charge in [0.05, 0.1) is 13.5 Å². The average molecular weight is 310 g/mol. The van der Waals surface area contributed by atoms with Crippen molar-refractivity contribution in [2.24, 2.45) is 0 Å². The Kier molecular flexibility index (Phi) is 7.32. The fourth-order valence-corrected chi connectivity index (χ4v) is 2.12. The normalized spacial score (nSPS) is 14.7. The number of allylic oxidation sites excluding steroid dienone is 2. The lowest BCUT2D eigenvalue weighted by atomic mass is 10.3. The fourth-order valence-electron chi connectivity index (χ4n) is 1.01. The first-order valence-corrected chi connectivity index (χ1v) is 6.10. The molecule has 0 fully saturated rings. The van der Waals surface area contributed by atoms with Crippen molar-refractivity contribution in [1.82, 2.24) is 0 Å². The number of carbonyl (C=O) groups is 1. The highest BCUT2D eigenvalue weighted by Gasteiger charge is 2.28. The maximum Gasteiger partial charge on any atom is 0.409 e. The van der Waals surface area contributed by atoms with Crippen molar-refractivity contribution < 1.29 is 35.9 Å². The number of hydrogen-bond acceptors (Lipinski definition) is 3. The molecule has 1 atom stereocenters. The van der Waals surface area contributed by atoms with Crippen LogP contribution in [0.5, 0.6) is 0 Å². The van der Waals surface area contributed by atoms with Crippen LogP contribution in [-0.2, 0) is 9.53 Å². The van der Waals surface area contributed by atoms with Crippen LogP contribution in [0.15, 0.2) is 12.2 Å². The Morgan fingerprint density at radius 2 is 1.84 bits per heavy atom. The third kappa shape index (κ3) is 10.7. The summed E-state index contributed by atoms with van der Waals surface area (Å²) in [7, 11) is 1.02. The molecule has 0 spiro atoms. The van der Waals surface area contributed by atoms with Crippen molar-refractivity contribution in [2.75, 3.05) is 12.9 Å². The zero-order valence-electron chi connectivity index (χ0n) is 9.85. The smallest absolute Gasteiger partial charge is 0.409 e. The molecule has 0 heterocycles. The number of carbonyl (C=O) groups excluding carboxylic acids is 1. The third-order valence-electron chi connectivity index (χ3n) is 1.83. The number of esters is 1. The quantitative estimate of drug-likeness (QED) is 0.425. The van der Waals surface area contributed by atoms with Gasteiger partial charge in [-0.3, -0.25) is 4.79 Å². The number of methoxy groups -OCH3 is 1. The predicted molar refractivity (Wildman–Crippen MR) is 58.7 cm³/mol. The maximum atomic E-state index is 11.9. The van der Waals surface area contributed by atoms with Gasteiger partial charge in [0.15, 0.2) is 0 Å². The van der Waals surface area contributed by atoms with Gasteiger partial charge in [0.1, 0.15) is 5.25 Å². The lowest BCUT2D eigenvalue weighted by Gasteiger charge is -2.13. The maximum absolute atomic E-state index is 11.9. The summed E-state index contributed by atoms with van der Waals surface area (Å²) in [6.45, 7) is 0. The zero-order chi connectivity index (χ0) is 15.1. The van der Waals surface area contributed by atoms with Crippen LogP contribution in [0.1, 0.15) is 12.8 Å². The van der Waals surface area contributed by atoms with E-state index in [2.05, 4.69) is 4.74 Å². The molecule has 0 aromatic carbocycles. The highest BCUT2D eigenvalue weighted by Crippen LogP contribution is 2.26. The molecule has 0 aliphatic carbocycles. The fraction of sp³-hybridized carbons (Fsp3) is 0.700. The van der Waals surface area contributed by atoms with Crippen LogP contribution in [0, 0.1) is 0 Å². The molecule has 0 amide bonds. The molecule has 0 saturated carbocycles. The van der Waals surface area contributed by atoms with Crippen LogP contribution >= 0.6 is 11.8 Å². The van der Waals surface area contributed by atoms with E-state index in [1.165, 1.54) is 0 Å². The second-order valence-electron chi connectivity index (χ2n) is 3.43. The number of halogens is 6. The molecular formula is C10H12F6O2S. The molecule has 0 rings (SSSR count). The number of rotatable bonds is 6. The molecule has 0 radical (unpaired) electrons. The summed E-state index contributed by atoms with van der Waals surface area (Å²) in [4.78, 5) is 11.2.